The highest BCUT2D eigenvalue weighted by Crippen LogP contribution is 2.19. The van der Waals surface area contributed by atoms with Crippen LogP contribution in [-0.2, 0) is 6.54 Å². The number of benzene rings is 1. The van der Waals surface area contributed by atoms with Gasteiger partial charge in [0.15, 0.2) is 5.13 Å². The monoisotopic (exact) mass is 352 g/mol. The van der Waals surface area contributed by atoms with E-state index in [0.717, 1.165) is 38.0 Å². The number of halogens is 1. The Kier molecular flexibility index (Phi) is 6.38. The molecule has 1 amide bonds. The molecule has 1 aliphatic heterocycles. The van der Waals surface area contributed by atoms with Crippen LogP contribution < -0.4 is 11.1 Å². The zero-order valence-corrected chi connectivity index (χ0v) is 14.4. The average Bonchev–Trinajstić information content (AvgIpc) is 2.95. The van der Waals surface area contributed by atoms with E-state index >= 15 is 0 Å². The molecule has 0 aliphatic carbocycles. The Morgan fingerprint density at radius 1 is 1.30 bits per heavy atom. The number of amides is 1. The Bertz CT molecular complexity index is 626. The van der Waals surface area contributed by atoms with Gasteiger partial charge >= 0.3 is 0 Å². The second-order valence-electron chi connectivity index (χ2n) is 5.55. The first-order valence-corrected chi connectivity index (χ1v) is 8.31. The number of anilines is 1. The van der Waals surface area contributed by atoms with Crippen LogP contribution >= 0.6 is 23.7 Å². The van der Waals surface area contributed by atoms with Crippen molar-refractivity contribution in [2.75, 3.05) is 18.8 Å². The van der Waals surface area contributed by atoms with Gasteiger partial charge in [-0.25, -0.2) is 4.98 Å². The SMILES string of the molecule is Cl.Nc1ncc(CN2CCC(NC(=O)c3ccccc3)CC2)s1. The second kappa shape index (κ2) is 8.29. The summed E-state index contributed by atoms with van der Waals surface area (Å²) in [6.45, 7) is 2.86. The molecule has 0 saturated carbocycles. The molecule has 3 N–H and O–H groups in total. The molecule has 1 aliphatic rings. The van der Waals surface area contributed by atoms with Crippen LogP contribution in [0.4, 0.5) is 5.13 Å². The van der Waals surface area contributed by atoms with Crippen molar-refractivity contribution in [3.63, 3.8) is 0 Å². The summed E-state index contributed by atoms with van der Waals surface area (Å²) in [6.07, 6.45) is 3.81. The number of nitrogens with two attached hydrogens (primary N) is 1. The third kappa shape index (κ3) is 4.92. The molecule has 0 bridgehead atoms. The van der Waals surface area contributed by atoms with E-state index in [1.165, 1.54) is 4.88 Å². The minimum Gasteiger partial charge on any atom is -0.375 e. The molecule has 2 heterocycles. The fourth-order valence-electron chi connectivity index (χ4n) is 2.71. The molecule has 0 unspecified atom stereocenters. The van der Waals surface area contributed by atoms with Crippen molar-refractivity contribution in [2.24, 2.45) is 0 Å². The van der Waals surface area contributed by atoms with Gasteiger partial charge in [0.05, 0.1) is 0 Å². The third-order valence-electron chi connectivity index (χ3n) is 3.91. The van der Waals surface area contributed by atoms with E-state index in [0.29, 0.717) is 5.13 Å². The zero-order chi connectivity index (χ0) is 15.4. The van der Waals surface area contributed by atoms with Crippen LogP contribution in [0, 0.1) is 0 Å². The van der Waals surface area contributed by atoms with Gasteiger partial charge < -0.3 is 11.1 Å². The Morgan fingerprint density at radius 3 is 2.61 bits per heavy atom. The highest BCUT2D eigenvalue weighted by atomic mass is 35.5. The van der Waals surface area contributed by atoms with E-state index in [2.05, 4.69) is 15.2 Å². The highest BCUT2D eigenvalue weighted by molar-refractivity contribution is 7.15. The van der Waals surface area contributed by atoms with Crippen molar-refractivity contribution in [2.45, 2.75) is 25.4 Å². The molecule has 0 radical (unpaired) electrons. The number of nitrogens with one attached hydrogen (secondary N) is 1. The standard InChI is InChI=1S/C16H20N4OS.ClH/c17-16-18-10-14(22-16)11-20-8-6-13(7-9-20)19-15(21)12-4-2-1-3-5-12;/h1-5,10,13H,6-9,11H2,(H2,17,18)(H,19,21);1H. The van der Waals surface area contributed by atoms with Gasteiger partial charge in [0.1, 0.15) is 0 Å². The van der Waals surface area contributed by atoms with Crippen LogP contribution in [0.2, 0.25) is 0 Å². The van der Waals surface area contributed by atoms with E-state index in [1.807, 2.05) is 36.5 Å². The van der Waals surface area contributed by atoms with Crippen molar-refractivity contribution in [1.29, 1.82) is 0 Å². The lowest BCUT2D eigenvalue weighted by molar-refractivity contribution is 0.0909. The summed E-state index contributed by atoms with van der Waals surface area (Å²) in [5.41, 5.74) is 6.38. The minimum absolute atomic E-state index is 0. The molecule has 1 fully saturated rings. The number of piperidine rings is 1. The summed E-state index contributed by atoms with van der Waals surface area (Å²) < 4.78 is 0. The maximum Gasteiger partial charge on any atom is 0.251 e. The number of hydrogen-bond acceptors (Lipinski definition) is 5. The fraction of sp³-hybridized carbons (Fsp3) is 0.375. The van der Waals surface area contributed by atoms with E-state index in [9.17, 15) is 4.79 Å². The minimum atomic E-state index is 0. The van der Waals surface area contributed by atoms with Crippen molar-refractivity contribution >= 4 is 34.8 Å². The van der Waals surface area contributed by atoms with E-state index in [4.69, 9.17) is 5.73 Å². The Labute approximate surface area is 146 Å². The fourth-order valence-corrected chi connectivity index (χ4v) is 3.44. The Balaban J connectivity index is 0.00000192. The van der Waals surface area contributed by atoms with Gasteiger partial charge in [-0.05, 0) is 25.0 Å². The van der Waals surface area contributed by atoms with Gasteiger partial charge in [-0.1, -0.05) is 18.2 Å². The van der Waals surface area contributed by atoms with Crippen LogP contribution in [-0.4, -0.2) is 34.9 Å². The predicted octanol–water partition coefficient (Wildman–Crippen LogP) is 2.54. The molecule has 5 nitrogen and oxygen atoms in total. The average molecular weight is 353 g/mol. The Morgan fingerprint density at radius 2 is 2.00 bits per heavy atom. The summed E-state index contributed by atoms with van der Waals surface area (Å²) in [4.78, 5) is 19.8. The van der Waals surface area contributed by atoms with Crippen molar-refractivity contribution in [1.82, 2.24) is 15.2 Å². The second-order valence-corrected chi connectivity index (χ2v) is 6.70. The smallest absolute Gasteiger partial charge is 0.251 e. The first kappa shape index (κ1) is 17.7. The molecule has 124 valence electrons. The van der Waals surface area contributed by atoms with Gasteiger partial charge in [-0.2, -0.15) is 0 Å². The zero-order valence-electron chi connectivity index (χ0n) is 12.8. The largest absolute Gasteiger partial charge is 0.375 e. The molecule has 0 spiro atoms. The molecular weight excluding hydrogens is 332 g/mol. The summed E-state index contributed by atoms with van der Waals surface area (Å²) in [5, 5.41) is 3.75. The molecule has 1 aromatic heterocycles. The maximum atomic E-state index is 12.1. The lowest BCUT2D eigenvalue weighted by Gasteiger charge is -2.31. The summed E-state index contributed by atoms with van der Waals surface area (Å²) in [7, 11) is 0. The van der Waals surface area contributed by atoms with Crippen LogP contribution in [0.25, 0.3) is 0 Å². The van der Waals surface area contributed by atoms with Gasteiger partial charge in [0.25, 0.3) is 5.91 Å². The molecule has 7 heteroatoms. The van der Waals surface area contributed by atoms with Crippen molar-refractivity contribution in [3.05, 3.63) is 47.0 Å². The van der Waals surface area contributed by atoms with Crippen molar-refractivity contribution < 1.29 is 4.79 Å². The number of likely N-dealkylation sites (tertiary alicyclic amines) is 1. The number of aromatic nitrogens is 1. The summed E-state index contributed by atoms with van der Waals surface area (Å²) >= 11 is 1.55. The molecule has 0 atom stereocenters. The predicted molar refractivity (Wildman–Crippen MR) is 96.0 cm³/mol. The number of hydrogen-bond donors (Lipinski definition) is 2. The molecular formula is C16H21ClN4OS. The van der Waals surface area contributed by atoms with Gasteiger partial charge in [0.2, 0.25) is 0 Å². The Hall–Kier alpha value is -1.63. The van der Waals surface area contributed by atoms with Crippen LogP contribution in [0.3, 0.4) is 0 Å². The van der Waals surface area contributed by atoms with Crippen molar-refractivity contribution in [3.8, 4) is 0 Å². The highest BCUT2D eigenvalue weighted by Gasteiger charge is 2.21. The van der Waals surface area contributed by atoms with Crippen LogP contribution in [0.15, 0.2) is 36.5 Å². The van der Waals surface area contributed by atoms with E-state index in [-0.39, 0.29) is 24.4 Å². The lowest BCUT2D eigenvalue weighted by atomic mass is 10.0. The number of nitrogens with zero attached hydrogens (tertiary/aromatic N) is 2. The molecule has 1 aromatic carbocycles. The topological polar surface area (TPSA) is 71.2 Å². The van der Waals surface area contributed by atoms with Gasteiger partial charge in [-0.3, -0.25) is 9.69 Å². The number of carbonyl (C=O) groups excluding carboxylic acids is 1. The lowest BCUT2D eigenvalue weighted by Crippen LogP contribution is -2.44. The number of carbonyl (C=O) groups is 1. The van der Waals surface area contributed by atoms with Crippen LogP contribution in [0.1, 0.15) is 28.1 Å². The first-order valence-electron chi connectivity index (χ1n) is 7.49. The number of thiazole rings is 1. The summed E-state index contributed by atoms with van der Waals surface area (Å²) in [6, 6.07) is 9.64. The quantitative estimate of drug-likeness (QED) is 0.887. The molecule has 2 aromatic rings. The molecule has 1 saturated heterocycles. The van der Waals surface area contributed by atoms with Gasteiger partial charge in [-0.15, -0.1) is 23.7 Å². The molecule has 23 heavy (non-hydrogen) atoms. The molecule has 3 rings (SSSR count). The third-order valence-corrected chi connectivity index (χ3v) is 4.72. The maximum absolute atomic E-state index is 12.1. The van der Waals surface area contributed by atoms with Gasteiger partial charge in [0, 0.05) is 42.3 Å². The van der Waals surface area contributed by atoms with E-state index < -0.39 is 0 Å². The first-order chi connectivity index (χ1) is 10.7. The van der Waals surface area contributed by atoms with E-state index in [1.54, 1.807) is 11.3 Å². The summed E-state index contributed by atoms with van der Waals surface area (Å²) in [5.74, 6) is 0.0225. The number of rotatable bonds is 4. The number of nitrogen functional groups attached to an aromatic ring is 1. The van der Waals surface area contributed by atoms with Crippen LogP contribution in [0.5, 0.6) is 0 Å². The normalized spacial score (nSPS) is 15.8.